The predicted molar refractivity (Wildman–Crippen MR) is 66.2 cm³/mol. The predicted octanol–water partition coefficient (Wildman–Crippen LogP) is 2.19. The van der Waals surface area contributed by atoms with E-state index in [0.29, 0.717) is 0 Å². The molecule has 0 aromatic heterocycles. The fourth-order valence-electron chi connectivity index (χ4n) is 2.41. The lowest BCUT2D eigenvalue weighted by molar-refractivity contribution is 0.0979. The molecule has 2 unspecified atom stereocenters. The quantitative estimate of drug-likeness (QED) is 0.818. The van der Waals surface area contributed by atoms with Crippen molar-refractivity contribution in [3.8, 4) is 0 Å². The summed E-state index contributed by atoms with van der Waals surface area (Å²) in [6, 6.07) is 6.16. The molecule has 2 atom stereocenters. The Bertz CT molecular complexity index is 373. The maximum absolute atomic E-state index is 9.97. The van der Waals surface area contributed by atoms with E-state index >= 15 is 0 Å². The van der Waals surface area contributed by atoms with E-state index in [1.54, 1.807) is 0 Å². The molecule has 0 saturated heterocycles. The molecule has 1 aromatic rings. The number of fused-ring (bicyclic) bond motifs is 1. The summed E-state index contributed by atoms with van der Waals surface area (Å²) in [5.74, 6) is 0.197. The number of rotatable bonds is 3. The molecule has 0 fully saturated rings. The monoisotopic (exact) mass is 219 g/mol. The number of benzene rings is 1. The Morgan fingerprint density at radius 3 is 2.56 bits per heavy atom. The first-order valence-electron chi connectivity index (χ1n) is 6.15. The second-order valence-corrected chi connectivity index (χ2v) is 5.14. The van der Waals surface area contributed by atoms with Gasteiger partial charge < -0.3 is 10.8 Å². The minimum absolute atomic E-state index is 0.197. The first-order valence-corrected chi connectivity index (χ1v) is 6.15. The third-order valence-electron chi connectivity index (χ3n) is 3.56. The van der Waals surface area contributed by atoms with Crippen LogP contribution in [0.5, 0.6) is 0 Å². The fourth-order valence-corrected chi connectivity index (χ4v) is 2.41. The largest absolute Gasteiger partial charge is 0.391 e. The van der Waals surface area contributed by atoms with Crippen LogP contribution in [0.1, 0.15) is 43.0 Å². The Balaban J connectivity index is 2.21. The van der Waals surface area contributed by atoms with Gasteiger partial charge in [0.1, 0.15) is 0 Å². The molecule has 0 heterocycles. The first kappa shape index (κ1) is 11.6. The third-order valence-corrected chi connectivity index (χ3v) is 3.56. The molecule has 0 amide bonds. The molecule has 0 bridgehead atoms. The van der Waals surface area contributed by atoms with E-state index in [2.05, 4.69) is 18.2 Å². The maximum Gasteiger partial charge on any atom is 0.0755 e. The van der Waals surface area contributed by atoms with Crippen LogP contribution in [0.3, 0.4) is 0 Å². The van der Waals surface area contributed by atoms with Crippen molar-refractivity contribution in [1.82, 2.24) is 0 Å². The van der Waals surface area contributed by atoms with Gasteiger partial charge in [-0.1, -0.05) is 32.0 Å². The summed E-state index contributed by atoms with van der Waals surface area (Å²) in [5.41, 5.74) is 10.0. The van der Waals surface area contributed by atoms with Crippen molar-refractivity contribution in [3.05, 3.63) is 34.9 Å². The lowest BCUT2D eigenvalue weighted by Gasteiger charge is -2.23. The molecule has 2 nitrogen and oxygen atoms in total. The summed E-state index contributed by atoms with van der Waals surface area (Å²) in [6.07, 6.45) is 3.14. The van der Waals surface area contributed by atoms with E-state index in [1.807, 2.05) is 13.8 Å². The maximum atomic E-state index is 9.97. The molecule has 1 aliphatic rings. The fraction of sp³-hybridized carbons (Fsp3) is 0.571. The Morgan fingerprint density at radius 2 is 1.88 bits per heavy atom. The van der Waals surface area contributed by atoms with Gasteiger partial charge >= 0.3 is 0 Å². The molecule has 16 heavy (non-hydrogen) atoms. The van der Waals surface area contributed by atoms with Gasteiger partial charge in [0.05, 0.1) is 12.1 Å². The van der Waals surface area contributed by atoms with Gasteiger partial charge in [-0.25, -0.2) is 0 Å². The van der Waals surface area contributed by atoms with Crippen molar-refractivity contribution in [2.75, 3.05) is 0 Å². The normalized spacial score (nSPS) is 18.6. The second kappa shape index (κ2) is 4.56. The average Bonchev–Trinajstić information content (AvgIpc) is 2.73. The molecule has 0 radical (unpaired) electrons. The van der Waals surface area contributed by atoms with E-state index < -0.39 is 6.10 Å². The minimum atomic E-state index is -0.459. The molecule has 1 aliphatic carbocycles. The van der Waals surface area contributed by atoms with Crippen molar-refractivity contribution in [3.63, 3.8) is 0 Å². The van der Waals surface area contributed by atoms with Gasteiger partial charge in [0.2, 0.25) is 0 Å². The Hall–Kier alpha value is -0.860. The van der Waals surface area contributed by atoms with Gasteiger partial charge in [-0.05, 0) is 41.9 Å². The number of aliphatic hydroxyl groups is 1. The summed E-state index contributed by atoms with van der Waals surface area (Å²) in [5, 5.41) is 9.97. The minimum Gasteiger partial charge on any atom is -0.391 e. The third kappa shape index (κ3) is 2.13. The summed E-state index contributed by atoms with van der Waals surface area (Å²) in [6.45, 7) is 4.00. The van der Waals surface area contributed by atoms with Crippen LogP contribution in [0.2, 0.25) is 0 Å². The molecule has 2 heteroatoms. The molecule has 2 rings (SSSR count). The Labute approximate surface area is 97.5 Å². The highest BCUT2D eigenvalue weighted by molar-refractivity contribution is 5.36. The molecule has 0 aliphatic heterocycles. The van der Waals surface area contributed by atoms with Crippen molar-refractivity contribution in [2.45, 2.75) is 45.3 Å². The van der Waals surface area contributed by atoms with Crippen molar-refractivity contribution in [2.24, 2.45) is 11.7 Å². The number of hydrogen-bond acceptors (Lipinski definition) is 2. The van der Waals surface area contributed by atoms with Crippen LogP contribution < -0.4 is 5.73 Å². The van der Waals surface area contributed by atoms with Gasteiger partial charge in [0.15, 0.2) is 0 Å². The number of hydrogen-bond donors (Lipinski definition) is 2. The summed E-state index contributed by atoms with van der Waals surface area (Å²) >= 11 is 0. The standard InChI is InChI=1S/C14H21NO/c1-9(2)14(16)13(15)12-7-6-10-4-3-5-11(10)8-12/h6-9,13-14,16H,3-5,15H2,1-2H3. The van der Waals surface area contributed by atoms with Crippen LogP contribution in [0.4, 0.5) is 0 Å². The number of aryl methyl sites for hydroxylation is 2. The van der Waals surface area contributed by atoms with Crippen LogP contribution in [0, 0.1) is 5.92 Å². The van der Waals surface area contributed by atoms with Gasteiger partial charge in [0.25, 0.3) is 0 Å². The molecule has 0 saturated carbocycles. The van der Waals surface area contributed by atoms with Crippen molar-refractivity contribution in [1.29, 1.82) is 0 Å². The van der Waals surface area contributed by atoms with Gasteiger partial charge in [-0.15, -0.1) is 0 Å². The zero-order valence-electron chi connectivity index (χ0n) is 10.1. The van der Waals surface area contributed by atoms with E-state index in [4.69, 9.17) is 5.73 Å². The Morgan fingerprint density at radius 1 is 1.19 bits per heavy atom. The van der Waals surface area contributed by atoms with Crippen LogP contribution in [-0.2, 0) is 12.8 Å². The molecule has 1 aromatic carbocycles. The molecular weight excluding hydrogens is 198 g/mol. The van der Waals surface area contributed by atoms with Crippen LogP contribution in [-0.4, -0.2) is 11.2 Å². The zero-order chi connectivity index (χ0) is 11.7. The van der Waals surface area contributed by atoms with Crippen molar-refractivity contribution < 1.29 is 5.11 Å². The van der Waals surface area contributed by atoms with Crippen LogP contribution in [0.25, 0.3) is 0 Å². The van der Waals surface area contributed by atoms with Gasteiger partial charge in [0, 0.05) is 0 Å². The molecular formula is C14H21NO. The number of aliphatic hydroxyl groups excluding tert-OH is 1. The molecule has 0 spiro atoms. The first-order chi connectivity index (χ1) is 7.59. The van der Waals surface area contributed by atoms with E-state index in [-0.39, 0.29) is 12.0 Å². The van der Waals surface area contributed by atoms with Gasteiger partial charge in [-0.3, -0.25) is 0 Å². The Kier molecular flexibility index (Phi) is 3.31. The lowest BCUT2D eigenvalue weighted by Crippen LogP contribution is -2.30. The van der Waals surface area contributed by atoms with Crippen LogP contribution in [0.15, 0.2) is 18.2 Å². The topological polar surface area (TPSA) is 46.2 Å². The SMILES string of the molecule is CC(C)C(O)C(N)c1ccc2c(c1)CCC2. The molecule has 88 valence electrons. The number of nitrogens with two attached hydrogens (primary N) is 1. The highest BCUT2D eigenvalue weighted by Crippen LogP contribution is 2.27. The average molecular weight is 219 g/mol. The van der Waals surface area contributed by atoms with Crippen molar-refractivity contribution >= 4 is 0 Å². The molecule has 3 N–H and O–H groups in total. The van der Waals surface area contributed by atoms with Gasteiger partial charge in [-0.2, -0.15) is 0 Å². The summed E-state index contributed by atoms with van der Waals surface area (Å²) in [7, 11) is 0. The highest BCUT2D eigenvalue weighted by atomic mass is 16.3. The summed E-state index contributed by atoms with van der Waals surface area (Å²) in [4.78, 5) is 0. The zero-order valence-corrected chi connectivity index (χ0v) is 10.1. The van der Waals surface area contributed by atoms with E-state index in [0.717, 1.165) is 12.0 Å². The smallest absolute Gasteiger partial charge is 0.0755 e. The summed E-state index contributed by atoms with van der Waals surface area (Å²) < 4.78 is 0. The second-order valence-electron chi connectivity index (χ2n) is 5.14. The van der Waals surface area contributed by atoms with Crippen LogP contribution >= 0.6 is 0 Å². The highest BCUT2D eigenvalue weighted by Gasteiger charge is 2.21. The lowest BCUT2D eigenvalue weighted by atomic mass is 9.93. The van der Waals surface area contributed by atoms with E-state index in [1.165, 1.54) is 24.0 Å². The van der Waals surface area contributed by atoms with E-state index in [9.17, 15) is 5.11 Å².